The Hall–Kier alpha value is -0.840. The molecule has 8 rings (SSSR count). The van der Waals surface area contributed by atoms with E-state index in [-0.39, 0.29) is 11.7 Å². The van der Waals surface area contributed by atoms with Crippen molar-refractivity contribution in [1.82, 2.24) is 35.4 Å². The smallest absolute Gasteiger partial charge is 0.232 e. The summed E-state index contributed by atoms with van der Waals surface area (Å²) in [7, 11) is 0. The first-order valence-electron chi connectivity index (χ1n) is 17.0. The summed E-state index contributed by atoms with van der Waals surface area (Å²) >= 11 is 1.92. The molecule has 4 N–H and O–H groups in total. The van der Waals surface area contributed by atoms with Gasteiger partial charge in [-0.05, 0) is 127 Å². The average molecular weight is 584 g/mol. The lowest BCUT2D eigenvalue weighted by Gasteiger charge is -2.47. The van der Waals surface area contributed by atoms with Crippen LogP contribution in [0.1, 0.15) is 103 Å². The molecule has 4 aliphatic heterocycles. The van der Waals surface area contributed by atoms with Crippen LogP contribution in [0.25, 0.3) is 0 Å². The van der Waals surface area contributed by atoms with E-state index in [1.165, 1.54) is 83.6 Å². The summed E-state index contributed by atoms with van der Waals surface area (Å²) in [6, 6.07) is 2.09. The van der Waals surface area contributed by atoms with Crippen LogP contribution in [0, 0.1) is 28.6 Å². The minimum Gasteiger partial charge on any atom is -0.477 e. The molecule has 3 saturated carbocycles. The summed E-state index contributed by atoms with van der Waals surface area (Å²) in [5, 5.41) is 17.2. The van der Waals surface area contributed by atoms with Crippen molar-refractivity contribution >= 4 is 11.9 Å². The summed E-state index contributed by atoms with van der Waals surface area (Å²) in [5.74, 6) is 3.10. The van der Waals surface area contributed by atoms with Crippen molar-refractivity contribution in [1.29, 1.82) is 0 Å². The van der Waals surface area contributed by atoms with Gasteiger partial charge in [0.1, 0.15) is 6.17 Å². The molecular formula is C32H53N7OS. The third kappa shape index (κ3) is 5.18. The zero-order valence-electron chi connectivity index (χ0n) is 25.4. The molecule has 41 heavy (non-hydrogen) atoms. The fourth-order valence-corrected chi connectivity index (χ4v) is 11.1. The first-order valence-corrected chi connectivity index (χ1v) is 17.9. The highest BCUT2D eigenvalue weighted by Gasteiger charge is 2.85. The molecule has 5 heterocycles. The van der Waals surface area contributed by atoms with Gasteiger partial charge >= 0.3 is 0 Å². The van der Waals surface area contributed by atoms with E-state index in [1.807, 2.05) is 11.9 Å². The lowest BCUT2D eigenvalue weighted by molar-refractivity contribution is 0.00923. The molecule has 6 unspecified atom stereocenters. The van der Waals surface area contributed by atoms with Crippen LogP contribution in [0.4, 0.5) is 0 Å². The largest absolute Gasteiger partial charge is 0.477 e. The average Bonchev–Trinajstić information content (AvgIpc) is 3.91. The first kappa shape index (κ1) is 27.7. The Balaban J connectivity index is 0.926. The molecule has 2 spiro atoms. The number of ether oxygens (including phenoxy) is 1. The van der Waals surface area contributed by atoms with Gasteiger partial charge in [-0.1, -0.05) is 11.9 Å². The van der Waals surface area contributed by atoms with Gasteiger partial charge in [-0.2, -0.15) is 0 Å². The van der Waals surface area contributed by atoms with Crippen LogP contribution in [0.2, 0.25) is 0 Å². The second-order valence-electron chi connectivity index (χ2n) is 15.3. The molecular weight excluding hydrogens is 530 g/mol. The van der Waals surface area contributed by atoms with Crippen LogP contribution >= 0.6 is 11.9 Å². The zero-order valence-corrected chi connectivity index (χ0v) is 26.2. The molecule has 4 saturated heterocycles. The van der Waals surface area contributed by atoms with Crippen molar-refractivity contribution in [2.45, 2.75) is 127 Å². The molecule has 0 aromatic carbocycles. The maximum Gasteiger partial charge on any atom is 0.232 e. The second kappa shape index (κ2) is 10.7. The highest BCUT2D eigenvalue weighted by Crippen LogP contribution is 2.93. The number of fused-ring (bicyclic) bond motifs is 7. The minimum atomic E-state index is 0.206. The van der Waals surface area contributed by atoms with Crippen molar-refractivity contribution in [3.8, 4) is 5.88 Å². The third-order valence-corrected chi connectivity index (χ3v) is 13.4. The number of nitrogens with one attached hydrogen (secondary N) is 4. The highest BCUT2D eigenvalue weighted by atomic mass is 32.2. The van der Waals surface area contributed by atoms with E-state index in [0.717, 1.165) is 54.7 Å². The van der Waals surface area contributed by atoms with E-state index in [9.17, 15) is 0 Å². The lowest BCUT2D eigenvalue weighted by Crippen LogP contribution is -2.60. The molecule has 7 atom stereocenters. The Morgan fingerprint density at radius 1 is 1.02 bits per heavy atom. The number of aromatic nitrogens is 2. The number of hydrogen-bond donors (Lipinski definition) is 4. The Morgan fingerprint density at radius 2 is 1.88 bits per heavy atom. The third-order valence-electron chi connectivity index (χ3n) is 12.5. The van der Waals surface area contributed by atoms with Gasteiger partial charge in [-0.15, -0.1) is 5.10 Å². The normalized spacial score (nSPS) is 40.9. The standard InChI is InChI=1S/C32H53N7OS/c1-30(2)19-22-5-4-16-33-25-6-3-7-28(35-25)41-34-20-23-8-9-26(36-29(23)38(30)21-22)39-17-10-27(37-39)40-18-11-24-31(12-13-31)32(24)14-15-32/h10,17,22-26,28-29,33-36H,3-9,11-16,18-21H2,1-2H3/t22-,23?,25?,26?,28?,29?/m0/s1. The monoisotopic (exact) mass is 583 g/mol. The van der Waals surface area contributed by atoms with Crippen LogP contribution in [0.15, 0.2) is 12.3 Å². The Labute approximate surface area is 251 Å². The van der Waals surface area contributed by atoms with E-state index in [1.54, 1.807) is 0 Å². The van der Waals surface area contributed by atoms with Gasteiger partial charge in [0.25, 0.3) is 0 Å². The first-order chi connectivity index (χ1) is 20.0. The SMILES string of the molecule is CC1(C)C[C@@H]2CCCNC3CCCC(N3)SNCC3CCC(n4ccc(OCCC5C6(CC6)C56CC6)n4)NC3N1C2. The van der Waals surface area contributed by atoms with Crippen molar-refractivity contribution in [3.05, 3.63) is 12.3 Å². The number of piperidine rings is 2. The van der Waals surface area contributed by atoms with Crippen LogP contribution in [-0.4, -0.2) is 64.2 Å². The van der Waals surface area contributed by atoms with E-state index >= 15 is 0 Å². The Kier molecular flexibility index (Phi) is 7.20. The molecule has 7 aliphatic rings. The fraction of sp³-hybridized carbons (Fsp3) is 0.906. The summed E-state index contributed by atoms with van der Waals surface area (Å²) in [6.07, 6.45) is 20.3. The summed E-state index contributed by atoms with van der Waals surface area (Å²) in [5.41, 5.74) is 1.74. The molecule has 0 amide bonds. The van der Waals surface area contributed by atoms with Crippen LogP contribution in [-0.2, 0) is 0 Å². The molecule has 228 valence electrons. The number of hydrogen-bond acceptors (Lipinski definition) is 8. The van der Waals surface area contributed by atoms with Crippen molar-refractivity contribution < 1.29 is 4.74 Å². The van der Waals surface area contributed by atoms with Gasteiger partial charge in [-0.3, -0.25) is 24.9 Å². The minimum absolute atomic E-state index is 0.206. The van der Waals surface area contributed by atoms with Gasteiger partial charge in [0, 0.05) is 36.8 Å². The zero-order chi connectivity index (χ0) is 27.7. The summed E-state index contributed by atoms with van der Waals surface area (Å²) in [6.45, 7) is 9.14. The van der Waals surface area contributed by atoms with Gasteiger partial charge in [-0.25, -0.2) is 0 Å². The summed E-state index contributed by atoms with van der Waals surface area (Å²) < 4.78 is 12.2. The predicted octanol–water partition coefficient (Wildman–Crippen LogP) is 4.81. The van der Waals surface area contributed by atoms with Gasteiger partial charge in [0.2, 0.25) is 5.88 Å². The van der Waals surface area contributed by atoms with Crippen molar-refractivity contribution in [2.75, 3.05) is 26.2 Å². The van der Waals surface area contributed by atoms with E-state index in [2.05, 4.69) is 56.4 Å². The quantitative estimate of drug-likeness (QED) is 0.368. The van der Waals surface area contributed by atoms with Crippen LogP contribution in [0.3, 0.4) is 0 Å². The Bertz CT molecular complexity index is 1070. The molecule has 1 aromatic rings. The van der Waals surface area contributed by atoms with Gasteiger partial charge < -0.3 is 10.1 Å². The maximum absolute atomic E-state index is 6.22. The molecule has 1 aromatic heterocycles. The molecule has 9 heteroatoms. The lowest BCUT2D eigenvalue weighted by atomic mass is 9.90. The van der Waals surface area contributed by atoms with Crippen molar-refractivity contribution in [2.24, 2.45) is 28.6 Å². The Morgan fingerprint density at radius 3 is 2.71 bits per heavy atom. The second-order valence-corrected chi connectivity index (χ2v) is 16.4. The van der Waals surface area contributed by atoms with E-state index in [4.69, 9.17) is 9.84 Å². The van der Waals surface area contributed by atoms with Crippen molar-refractivity contribution in [3.63, 3.8) is 0 Å². The molecule has 8 nitrogen and oxygen atoms in total. The molecule has 3 aliphatic carbocycles. The molecule has 4 bridgehead atoms. The number of nitrogens with zero attached hydrogens (tertiary/aromatic N) is 3. The number of rotatable bonds is 5. The van der Waals surface area contributed by atoms with E-state index < -0.39 is 0 Å². The highest BCUT2D eigenvalue weighted by molar-refractivity contribution is 7.98. The maximum atomic E-state index is 6.22. The fourth-order valence-electron chi connectivity index (χ4n) is 10.1. The van der Waals surface area contributed by atoms with Gasteiger partial charge in [0.05, 0.1) is 24.3 Å². The summed E-state index contributed by atoms with van der Waals surface area (Å²) in [4.78, 5) is 2.82. The van der Waals surface area contributed by atoms with Crippen LogP contribution < -0.4 is 25.4 Å². The van der Waals surface area contributed by atoms with E-state index in [0.29, 0.717) is 23.6 Å². The van der Waals surface area contributed by atoms with Gasteiger partial charge in [0.15, 0.2) is 0 Å². The molecule has 0 radical (unpaired) electrons. The van der Waals surface area contributed by atoms with Crippen LogP contribution in [0.5, 0.6) is 5.88 Å². The topological polar surface area (TPSA) is 78.4 Å². The molecule has 7 fully saturated rings. The predicted molar refractivity (Wildman–Crippen MR) is 164 cm³/mol.